The van der Waals surface area contributed by atoms with Gasteiger partial charge < -0.3 is 30.6 Å². The lowest BCUT2D eigenvalue weighted by Crippen LogP contribution is -2.49. The Balaban J connectivity index is 2.09. The molecule has 38 heavy (non-hydrogen) atoms. The molecular weight excluding hydrogens is 488 g/mol. The molecule has 0 aromatic heterocycles. The number of fused-ring (bicyclic) bond motifs is 2. The number of phenols is 3. The number of allylic oxidation sites excluding steroid dienone is 4. The van der Waals surface area contributed by atoms with Crippen molar-refractivity contribution in [1.29, 1.82) is 0 Å². The van der Waals surface area contributed by atoms with E-state index in [1.807, 2.05) is 19.9 Å². The van der Waals surface area contributed by atoms with Crippen LogP contribution in [-0.2, 0) is 4.79 Å². The minimum Gasteiger partial charge on any atom is -0.515 e. The Morgan fingerprint density at radius 3 is 2.13 bits per heavy atom. The molecule has 2 aliphatic rings. The van der Waals surface area contributed by atoms with E-state index in [9.17, 15) is 40.2 Å². The van der Waals surface area contributed by atoms with E-state index in [1.54, 1.807) is 33.8 Å². The van der Waals surface area contributed by atoms with E-state index in [1.165, 1.54) is 0 Å². The number of aldehydes is 1. The Bertz CT molecular complexity index is 1460. The first kappa shape index (κ1) is 27.3. The summed E-state index contributed by atoms with van der Waals surface area (Å²) >= 11 is 0. The standard InChI is InChI=1S/C30H34O8/c1-11(2)19-15-7-13(5)21(27(35)23(15)17(9-31)25(33)29(19)37)22-14(6)8-16-20(12(3)4)30(38)26(34)18(10-32)24(16)28(22)36/h7-12,15,19,23,29,31,34-38H,1-6H3/t15-,19?,23?,29?/m1/s1. The van der Waals surface area contributed by atoms with Gasteiger partial charge in [0.2, 0.25) is 0 Å². The number of benzene rings is 2. The number of aliphatic hydroxyl groups is 3. The van der Waals surface area contributed by atoms with Crippen molar-refractivity contribution < 1.29 is 40.2 Å². The van der Waals surface area contributed by atoms with Crippen LogP contribution in [0, 0.1) is 30.6 Å². The van der Waals surface area contributed by atoms with Crippen LogP contribution in [0.3, 0.4) is 0 Å². The zero-order valence-corrected chi connectivity index (χ0v) is 22.3. The Kier molecular flexibility index (Phi) is 6.82. The molecule has 0 amide bonds. The van der Waals surface area contributed by atoms with Gasteiger partial charge in [0.15, 0.2) is 23.6 Å². The summed E-state index contributed by atoms with van der Waals surface area (Å²) in [5.74, 6) is -4.72. The molecule has 2 aliphatic carbocycles. The maximum absolute atomic E-state index is 13.0. The molecule has 4 atom stereocenters. The van der Waals surface area contributed by atoms with Gasteiger partial charge in [-0.3, -0.25) is 9.59 Å². The number of hydrogen-bond acceptors (Lipinski definition) is 8. The van der Waals surface area contributed by atoms with Crippen molar-refractivity contribution in [3.05, 3.63) is 57.6 Å². The summed E-state index contributed by atoms with van der Waals surface area (Å²) in [4.78, 5) is 25.0. The van der Waals surface area contributed by atoms with E-state index in [2.05, 4.69) is 0 Å². The molecule has 1 saturated carbocycles. The summed E-state index contributed by atoms with van der Waals surface area (Å²) in [6.45, 7) is 10.8. The summed E-state index contributed by atoms with van der Waals surface area (Å²) in [5, 5.41) is 65.6. The third-order valence-corrected chi connectivity index (χ3v) is 8.12. The molecular formula is C30H34O8. The van der Waals surface area contributed by atoms with E-state index in [0.29, 0.717) is 34.6 Å². The van der Waals surface area contributed by atoms with Crippen molar-refractivity contribution in [3.8, 4) is 17.2 Å². The van der Waals surface area contributed by atoms with Gasteiger partial charge in [-0.25, -0.2) is 0 Å². The maximum atomic E-state index is 13.0. The topological polar surface area (TPSA) is 156 Å². The Morgan fingerprint density at radius 1 is 0.974 bits per heavy atom. The Hall–Kier alpha value is -3.78. The Morgan fingerprint density at radius 2 is 1.61 bits per heavy atom. The number of ketones is 1. The van der Waals surface area contributed by atoms with E-state index in [4.69, 9.17) is 0 Å². The van der Waals surface area contributed by atoms with Crippen molar-refractivity contribution in [2.45, 2.75) is 53.6 Å². The van der Waals surface area contributed by atoms with Crippen LogP contribution in [-0.4, -0.2) is 48.8 Å². The number of Topliss-reactive ketones (excluding diaryl/α,β-unsaturated/α-hetero) is 1. The lowest BCUT2D eigenvalue weighted by atomic mass is 9.60. The normalized spacial score (nSPS) is 24.9. The van der Waals surface area contributed by atoms with Gasteiger partial charge in [-0.2, -0.15) is 0 Å². The van der Waals surface area contributed by atoms with Crippen LogP contribution in [0.2, 0.25) is 0 Å². The molecule has 0 radical (unpaired) electrons. The monoisotopic (exact) mass is 522 g/mol. The molecule has 3 unspecified atom stereocenters. The number of rotatable bonds is 4. The van der Waals surface area contributed by atoms with Crippen LogP contribution in [0.15, 0.2) is 35.3 Å². The van der Waals surface area contributed by atoms with Gasteiger partial charge in [0.05, 0.1) is 17.7 Å². The minimum atomic E-state index is -1.34. The average Bonchev–Trinajstić information content (AvgIpc) is 2.83. The summed E-state index contributed by atoms with van der Waals surface area (Å²) in [6.07, 6.45) is 1.47. The number of aliphatic hydroxyl groups excluding tert-OH is 3. The molecule has 0 heterocycles. The van der Waals surface area contributed by atoms with E-state index in [-0.39, 0.29) is 51.0 Å². The molecule has 6 N–H and O–H groups in total. The van der Waals surface area contributed by atoms with Crippen molar-refractivity contribution in [2.75, 3.05) is 0 Å². The van der Waals surface area contributed by atoms with E-state index < -0.39 is 41.1 Å². The number of aryl methyl sites for hydroxylation is 1. The number of hydrogen-bond donors (Lipinski definition) is 6. The summed E-state index contributed by atoms with van der Waals surface area (Å²) in [5.41, 5.74) is 1.46. The molecule has 4 rings (SSSR count). The lowest BCUT2D eigenvalue weighted by Gasteiger charge is -2.44. The second-order valence-corrected chi connectivity index (χ2v) is 11.0. The number of carbonyl (C=O) groups excluding carboxylic acids is 2. The largest absolute Gasteiger partial charge is 0.515 e. The van der Waals surface area contributed by atoms with Gasteiger partial charge >= 0.3 is 0 Å². The SMILES string of the molecule is CC1=C[C@H]2C(C(=CO)C(=O)C(O)C2C(C)C)C(O)=C1c1c(C)cc2c(C(C)C)c(O)c(O)c(C=O)c2c1O. The quantitative estimate of drug-likeness (QED) is 0.136. The maximum Gasteiger partial charge on any atom is 0.191 e. The second kappa shape index (κ2) is 9.51. The first-order valence-electron chi connectivity index (χ1n) is 12.7. The van der Waals surface area contributed by atoms with Crippen molar-refractivity contribution in [1.82, 2.24) is 0 Å². The van der Waals surface area contributed by atoms with Crippen LogP contribution in [0.25, 0.3) is 16.3 Å². The first-order valence-corrected chi connectivity index (χ1v) is 12.7. The van der Waals surface area contributed by atoms with Gasteiger partial charge in [-0.1, -0.05) is 39.8 Å². The zero-order chi connectivity index (χ0) is 28.4. The fraction of sp³-hybridized carbons (Fsp3) is 0.400. The van der Waals surface area contributed by atoms with Gasteiger partial charge in [-0.05, 0) is 48.1 Å². The molecule has 202 valence electrons. The molecule has 8 heteroatoms. The smallest absolute Gasteiger partial charge is 0.191 e. The highest BCUT2D eigenvalue weighted by Crippen LogP contribution is 2.54. The van der Waals surface area contributed by atoms with Crippen molar-refractivity contribution in [2.24, 2.45) is 23.7 Å². The molecule has 1 fully saturated rings. The lowest BCUT2D eigenvalue weighted by molar-refractivity contribution is -0.132. The van der Waals surface area contributed by atoms with E-state index >= 15 is 0 Å². The second-order valence-electron chi connectivity index (χ2n) is 11.0. The molecule has 8 nitrogen and oxygen atoms in total. The predicted molar refractivity (Wildman–Crippen MR) is 143 cm³/mol. The van der Waals surface area contributed by atoms with Crippen molar-refractivity contribution >= 4 is 28.4 Å². The third kappa shape index (κ3) is 3.69. The summed E-state index contributed by atoms with van der Waals surface area (Å²) in [7, 11) is 0. The van der Waals surface area contributed by atoms with Crippen LogP contribution >= 0.6 is 0 Å². The highest BCUT2D eigenvalue weighted by Gasteiger charge is 2.51. The number of aromatic hydroxyl groups is 3. The van der Waals surface area contributed by atoms with Crippen LogP contribution in [0.4, 0.5) is 0 Å². The van der Waals surface area contributed by atoms with Crippen LogP contribution < -0.4 is 0 Å². The average molecular weight is 523 g/mol. The summed E-state index contributed by atoms with van der Waals surface area (Å²) < 4.78 is 0. The Labute approximate surface area is 220 Å². The molecule has 0 aliphatic heterocycles. The molecule has 2 aromatic rings. The highest BCUT2D eigenvalue weighted by atomic mass is 16.3. The van der Waals surface area contributed by atoms with Gasteiger partial charge in [0.1, 0.15) is 17.6 Å². The first-order chi connectivity index (χ1) is 17.8. The molecule has 0 bridgehead atoms. The predicted octanol–water partition coefficient (Wildman–Crippen LogP) is 5.32. The highest BCUT2D eigenvalue weighted by molar-refractivity contribution is 6.10. The summed E-state index contributed by atoms with van der Waals surface area (Å²) in [6, 6.07) is 1.68. The van der Waals surface area contributed by atoms with E-state index in [0.717, 1.165) is 0 Å². The minimum absolute atomic E-state index is 0.0305. The fourth-order valence-electron chi connectivity index (χ4n) is 6.48. The fourth-order valence-corrected chi connectivity index (χ4v) is 6.48. The van der Waals surface area contributed by atoms with Crippen molar-refractivity contribution in [3.63, 3.8) is 0 Å². The molecule has 0 spiro atoms. The zero-order valence-electron chi connectivity index (χ0n) is 22.3. The molecule has 2 aromatic carbocycles. The van der Waals surface area contributed by atoms with Gasteiger partial charge in [-0.15, -0.1) is 0 Å². The molecule has 0 saturated heterocycles. The third-order valence-electron chi connectivity index (χ3n) is 8.12. The van der Waals surface area contributed by atoms with Crippen LogP contribution in [0.5, 0.6) is 17.2 Å². The van der Waals surface area contributed by atoms with Crippen LogP contribution in [0.1, 0.15) is 67.6 Å². The number of phenolic OH excluding ortho intramolecular Hbond substituents is 3. The number of carbonyl (C=O) groups is 2. The van der Waals surface area contributed by atoms with Gasteiger partial charge in [0, 0.05) is 33.6 Å². The van der Waals surface area contributed by atoms with Gasteiger partial charge in [0.25, 0.3) is 0 Å².